The van der Waals surface area contributed by atoms with E-state index < -0.39 is 0 Å². The predicted molar refractivity (Wildman–Crippen MR) is 63.3 cm³/mol. The highest BCUT2D eigenvalue weighted by Crippen LogP contribution is 2.22. The molecule has 15 heavy (non-hydrogen) atoms. The van der Waals surface area contributed by atoms with Gasteiger partial charge in [-0.1, -0.05) is 13.3 Å². The summed E-state index contributed by atoms with van der Waals surface area (Å²) in [5, 5.41) is 0.653. The normalized spacial score (nSPS) is 11.0. The van der Waals surface area contributed by atoms with Gasteiger partial charge < -0.3 is 5.73 Å². The molecule has 0 aliphatic carbocycles. The summed E-state index contributed by atoms with van der Waals surface area (Å²) in [6.45, 7) is 2.15. The number of fused-ring (bicyclic) bond motifs is 1. The number of aromatic amines is 1. The maximum atomic E-state index is 11.5. The molecule has 4 nitrogen and oxygen atoms in total. The molecule has 3 N–H and O–H groups in total. The molecule has 0 spiro atoms. The van der Waals surface area contributed by atoms with E-state index in [1.54, 1.807) is 11.3 Å². The number of unbranched alkanes of at least 4 members (excludes halogenated alkanes) is 1. The molecule has 5 heteroatoms. The molecular weight excluding hydrogens is 210 g/mol. The van der Waals surface area contributed by atoms with Gasteiger partial charge in [-0.15, -0.1) is 11.3 Å². The van der Waals surface area contributed by atoms with Gasteiger partial charge in [-0.3, -0.25) is 9.78 Å². The Morgan fingerprint density at radius 1 is 1.60 bits per heavy atom. The van der Waals surface area contributed by atoms with Crippen molar-refractivity contribution in [2.45, 2.75) is 26.2 Å². The SMILES string of the molecule is CCCCc1cc2c(=O)[nH]c(N)nc2s1. The van der Waals surface area contributed by atoms with Crippen LogP contribution in [-0.2, 0) is 6.42 Å². The molecule has 0 bridgehead atoms. The average molecular weight is 223 g/mol. The maximum Gasteiger partial charge on any atom is 0.261 e. The standard InChI is InChI=1S/C10H13N3OS/c1-2-3-4-6-5-7-8(14)12-10(11)13-9(7)15-6/h5H,2-4H2,1H3,(H3,11,12,13,14). The van der Waals surface area contributed by atoms with Crippen molar-refractivity contribution in [2.75, 3.05) is 5.73 Å². The molecule has 0 fully saturated rings. The average Bonchev–Trinajstić information content (AvgIpc) is 2.57. The number of anilines is 1. The molecule has 0 saturated carbocycles. The van der Waals surface area contributed by atoms with Crippen molar-refractivity contribution in [1.82, 2.24) is 9.97 Å². The van der Waals surface area contributed by atoms with Crippen LogP contribution in [0.5, 0.6) is 0 Å². The molecule has 0 aliphatic heterocycles. The first-order chi connectivity index (χ1) is 7.20. The van der Waals surface area contributed by atoms with Crippen molar-refractivity contribution in [2.24, 2.45) is 0 Å². The van der Waals surface area contributed by atoms with Gasteiger partial charge in [-0.05, 0) is 18.9 Å². The van der Waals surface area contributed by atoms with Crippen LogP contribution in [-0.4, -0.2) is 9.97 Å². The summed E-state index contributed by atoms with van der Waals surface area (Å²) in [6.07, 6.45) is 3.30. The van der Waals surface area contributed by atoms with Gasteiger partial charge in [-0.25, -0.2) is 4.98 Å². The third-order valence-electron chi connectivity index (χ3n) is 2.25. The zero-order valence-electron chi connectivity index (χ0n) is 8.54. The summed E-state index contributed by atoms with van der Waals surface area (Å²) < 4.78 is 0. The third kappa shape index (κ3) is 2.02. The van der Waals surface area contributed by atoms with Crippen molar-refractivity contribution >= 4 is 27.5 Å². The largest absolute Gasteiger partial charge is 0.369 e. The Morgan fingerprint density at radius 2 is 2.40 bits per heavy atom. The number of nitrogens with one attached hydrogen (secondary N) is 1. The van der Waals surface area contributed by atoms with E-state index in [4.69, 9.17) is 5.73 Å². The van der Waals surface area contributed by atoms with Gasteiger partial charge in [-0.2, -0.15) is 0 Å². The lowest BCUT2D eigenvalue weighted by atomic mass is 10.2. The van der Waals surface area contributed by atoms with Gasteiger partial charge in [0.2, 0.25) is 5.95 Å². The molecule has 0 unspecified atom stereocenters. The number of aryl methyl sites for hydroxylation is 1. The van der Waals surface area contributed by atoms with Crippen molar-refractivity contribution in [1.29, 1.82) is 0 Å². The molecule has 0 aromatic carbocycles. The number of nitrogens with two attached hydrogens (primary N) is 1. The van der Waals surface area contributed by atoms with E-state index in [2.05, 4.69) is 16.9 Å². The fraction of sp³-hybridized carbons (Fsp3) is 0.400. The lowest BCUT2D eigenvalue weighted by Gasteiger charge is -1.90. The molecule has 0 atom stereocenters. The minimum atomic E-state index is -0.142. The molecule has 2 aromatic rings. The van der Waals surface area contributed by atoms with Crippen LogP contribution in [0.2, 0.25) is 0 Å². The second-order valence-corrected chi connectivity index (χ2v) is 4.60. The minimum absolute atomic E-state index is 0.142. The van der Waals surface area contributed by atoms with Crippen LogP contribution in [0.25, 0.3) is 10.2 Å². The first-order valence-electron chi connectivity index (χ1n) is 4.99. The highest BCUT2D eigenvalue weighted by Gasteiger charge is 2.06. The number of nitrogen functional groups attached to an aromatic ring is 1. The van der Waals surface area contributed by atoms with E-state index in [-0.39, 0.29) is 11.5 Å². The zero-order valence-corrected chi connectivity index (χ0v) is 9.36. The molecule has 2 heterocycles. The van der Waals surface area contributed by atoms with Crippen LogP contribution in [0, 0.1) is 0 Å². The first kappa shape index (κ1) is 10.2. The molecule has 0 amide bonds. The van der Waals surface area contributed by atoms with Gasteiger partial charge in [0.25, 0.3) is 5.56 Å². The van der Waals surface area contributed by atoms with E-state index in [0.29, 0.717) is 5.39 Å². The smallest absolute Gasteiger partial charge is 0.261 e. The van der Waals surface area contributed by atoms with Crippen molar-refractivity contribution in [3.05, 3.63) is 21.3 Å². The predicted octanol–water partition coefficient (Wildman–Crippen LogP) is 1.91. The lowest BCUT2D eigenvalue weighted by molar-refractivity contribution is 0.804. The summed E-state index contributed by atoms with van der Waals surface area (Å²) in [5.74, 6) is 0.191. The van der Waals surface area contributed by atoms with Crippen molar-refractivity contribution < 1.29 is 0 Å². The highest BCUT2D eigenvalue weighted by atomic mass is 32.1. The number of thiophene rings is 1. The zero-order chi connectivity index (χ0) is 10.8. The third-order valence-corrected chi connectivity index (χ3v) is 3.34. The maximum absolute atomic E-state index is 11.5. The lowest BCUT2D eigenvalue weighted by Crippen LogP contribution is -2.09. The molecule has 0 saturated heterocycles. The van der Waals surface area contributed by atoms with Gasteiger partial charge in [0.15, 0.2) is 0 Å². The van der Waals surface area contributed by atoms with Crippen LogP contribution in [0.1, 0.15) is 24.6 Å². The quantitative estimate of drug-likeness (QED) is 0.834. The Morgan fingerprint density at radius 3 is 3.13 bits per heavy atom. The first-order valence-corrected chi connectivity index (χ1v) is 5.80. The molecular formula is C10H13N3OS. The van der Waals surface area contributed by atoms with Gasteiger partial charge in [0.05, 0.1) is 5.39 Å². The Bertz CT molecular complexity index is 529. The van der Waals surface area contributed by atoms with Crippen LogP contribution < -0.4 is 11.3 Å². The Balaban J connectivity index is 2.46. The number of rotatable bonds is 3. The molecule has 0 aliphatic rings. The summed E-state index contributed by atoms with van der Waals surface area (Å²) in [4.78, 5) is 20.1. The Labute approximate surface area is 91.2 Å². The Hall–Kier alpha value is -1.36. The fourth-order valence-electron chi connectivity index (χ4n) is 1.47. The van der Waals surface area contributed by atoms with Crippen molar-refractivity contribution in [3.63, 3.8) is 0 Å². The molecule has 0 radical (unpaired) electrons. The molecule has 2 aromatic heterocycles. The van der Waals surface area contributed by atoms with Crippen molar-refractivity contribution in [3.8, 4) is 0 Å². The van der Waals surface area contributed by atoms with Gasteiger partial charge in [0, 0.05) is 4.88 Å². The number of nitrogens with zero attached hydrogens (tertiary/aromatic N) is 1. The molecule has 80 valence electrons. The van der Waals surface area contributed by atoms with E-state index in [0.717, 1.165) is 24.1 Å². The summed E-state index contributed by atoms with van der Waals surface area (Å²) in [6, 6.07) is 1.92. The second kappa shape index (κ2) is 4.02. The summed E-state index contributed by atoms with van der Waals surface area (Å²) in [5.41, 5.74) is 5.33. The monoisotopic (exact) mass is 223 g/mol. The number of hydrogen-bond acceptors (Lipinski definition) is 4. The number of aromatic nitrogens is 2. The minimum Gasteiger partial charge on any atom is -0.369 e. The van der Waals surface area contributed by atoms with E-state index in [1.165, 1.54) is 4.88 Å². The van der Waals surface area contributed by atoms with E-state index in [9.17, 15) is 4.79 Å². The van der Waals surface area contributed by atoms with Gasteiger partial charge in [0.1, 0.15) is 4.83 Å². The summed E-state index contributed by atoms with van der Waals surface area (Å²) in [7, 11) is 0. The number of H-pyrrole nitrogens is 1. The van der Waals surface area contributed by atoms with Crippen LogP contribution >= 0.6 is 11.3 Å². The van der Waals surface area contributed by atoms with E-state index in [1.807, 2.05) is 6.07 Å². The van der Waals surface area contributed by atoms with Crippen LogP contribution in [0.15, 0.2) is 10.9 Å². The highest BCUT2D eigenvalue weighted by molar-refractivity contribution is 7.18. The van der Waals surface area contributed by atoms with Crippen LogP contribution in [0.3, 0.4) is 0 Å². The summed E-state index contributed by atoms with van der Waals surface area (Å²) >= 11 is 1.55. The topological polar surface area (TPSA) is 71.8 Å². The fourth-order valence-corrected chi connectivity index (χ4v) is 2.55. The Kier molecular flexibility index (Phi) is 2.73. The second-order valence-electron chi connectivity index (χ2n) is 3.49. The van der Waals surface area contributed by atoms with Crippen LogP contribution in [0.4, 0.5) is 5.95 Å². The van der Waals surface area contributed by atoms with E-state index >= 15 is 0 Å². The van der Waals surface area contributed by atoms with Gasteiger partial charge >= 0.3 is 0 Å². The molecule has 2 rings (SSSR count). The number of hydrogen-bond donors (Lipinski definition) is 2.